The lowest BCUT2D eigenvalue weighted by Gasteiger charge is -2.26. The van der Waals surface area contributed by atoms with E-state index < -0.39 is 0 Å². The number of hydrogen-bond donors (Lipinski definition) is 1. The summed E-state index contributed by atoms with van der Waals surface area (Å²) < 4.78 is 0. The molecule has 1 N–H and O–H groups in total. The highest BCUT2D eigenvalue weighted by molar-refractivity contribution is 5.51. The first-order chi connectivity index (χ1) is 10.1. The fraction of sp³-hybridized carbons (Fsp3) is 0.300. The molecule has 1 aromatic rings. The van der Waals surface area contributed by atoms with Crippen LogP contribution in [0.4, 0.5) is 0 Å². The van der Waals surface area contributed by atoms with E-state index in [2.05, 4.69) is 80.9 Å². The van der Waals surface area contributed by atoms with Crippen LogP contribution in [0, 0.1) is 12.8 Å². The third-order valence-electron chi connectivity index (χ3n) is 4.27. The van der Waals surface area contributed by atoms with Gasteiger partial charge in [0, 0.05) is 6.20 Å². The van der Waals surface area contributed by atoms with Crippen LogP contribution in [0.5, 0.6) is 0 Å². The zero-order valence-corrected chi connectivity index (χ0v) is 13.1. The van der Waals surface area contributed by atoms with Crippen molar-refractivity contribution in [3.63, 3.8) is 0 Å². The summed E-state index contributed by atoms with van der Waals surface area (Å²) in [5.41, 5.74) is 6.80. The molecule has 0 aromatic heterocycles. The Bertz CT molecular complexity index is 658. The molecule has 1 heterocycles. The van der Waals surface area contributed by atoms with E-state index in [1.165, 1.54) is 27.8 Å². The van der Waals surface area contributed by atoms with Crippen LogP contribution in [0.25, 0.3) is 0 Å². The van der Waals surface area contributed by atoms with Gasteiger partial charge in [0.05, 0.1) is 6.04 Å². The lowest BCUT2D eigenvalue weighted by atomic mass is 9.86. The molecule has 0 spiro atoms. The van der Waals surface area contributed by atoms with E-state index in [1.807, 2.05) is 0 Å². The molecule has 21 heavy (non-hydrogen) atoms. The predicted octanol–water partition coefficient (Wildman–Crippen LogP) is 4.99. The summed E-state index contributed by atoms with van der Waals surface area (Å²) in [6, 6.07) is 9.00. The van der Waals surface area contributed by atoms with Crippen LogP contribution in [0.2, 0.25) is 0 Å². The number of hydrogen-bond acceptors (Lipinski definition) is 1. The molecule has 0 fully saturated rings. The average molecular weight is 277 g/mol. The highest BCUT2D eigenvalue weighted by atomic mass is 14.9. The first kappa shape index (κ1) is 13.9. The highest BCUT2D eigenvalue weighted by Gasteiger charge is 2.18. The van der Waals surface area contributed by atoms with Crippen molar-refractivity contribution in [3.8, 4) is 0 Å². The van der Waals surface area contributed by atoms with E-state index in [4.69, 9.17) is 0 Å². The maximum absolute atomic E-state index is 3.55. The Kier molecular flexibility index (Phi) is 3.83. The van der Waals surface area contributed by atoms with E-state index >= 15 is 0 Å². The Balaban J connectivity index is 1.83. The second-order valence-corrected chi connectivity index (χ2v) is 6.22. The molecule has 2 unspecified atom stereocenters. The highest BCUT2D eigenvalue weighted by Crippen LogP contribution is 2.32. The van der Waals surface area contributed by atoms with Crippen molar-refractivity contribution in [3.05, 3.63) is 82.6 Å². The summed E-state index contributed by atoms with van der Waals surface area (Å²) in [6.45, 7) is 6.64. The SMILES string of the molecule is CC1=CC(c2cccc(C)c2)NC=C1C1=CC=CC(C)C1. The molecule has 0 saturated carbocycles. The number of benzene rings is 1. The fourth-order valence-electron chi connectivity index (χ4n) is 3.12. The molecular formula is C20H23N. The van der Waals surface area contributed by atoms with E-state index in [1.54, 1.807) is 0 Å². The van der Waals surface area contributed by atoms with Gasteiger partial charge >= 0.3 is 0 Å². The van der Waals surface area contributed by atoms with Gasteiger partial charge in [0.1, 0.15) is 0 Å². The van der Waals surface area contributed by atoms with Gasteiger partial charge in [-0.2, -0.15) is 0 Å². The van der Waals surface area contributed by atoms with E-state index in [-0.39, 0.29) is 6.04 Å². The Morgan fingerprint density at radius 2 is 2.05 bits per heavy atom. The molecule has 2 atom stereocenters. The van der Waals surface area contributed by atoms with Gasteiger partial charge in [0.15, 0.2) is 0 Å². The lowest BCUT2D eigenvalue weighted by molar-refractivity contribution is 0.696. The summed E-state index contributed by atoms with van der Waals surface area (Å²) in [5, 5.41) is 3.55. The molecule has 108 valence electrons. The standard InChI is InChI=1S/C20H23N/c1-14-6-4-8-17(10-14)19-13-21-20(12-16(19)3)18-9-5-7-15(2)11-18/h4-9,11-14,20-21H,10H2,1-3H3. The third kappa shape index (κ3) is 3.02. The van der Waals surface area contributed by atoms with Crippen LogP contribution < -0.4 is 5.32 Å². The van der Waals surface area contributed by atoms with Crippen molar-refractivity contribution in [1.29, 1.82) is 0 Å². The summed E-state index contributed by atoms with van der Waals surface area (Å²) in [4.78, 5) is 0. The second kappa shape index (κ2) is 5.77. The number of aryl methyl sites for hydroxylation is 1. The van der Waals surface area contributed by atoms with Crippen LogP contribution in [-0.2, 0) is 0 Å². The van der Waals surface area contributed by atoms with Crippen LogP contribution in [0.15, 0.2) is 71.5 Å². The molecule has 1 nitrogen and oxygen atoms in total. The first-order valence-electron chi connectivity index (χ1n) is 7.73. The van der Waals surface area contributed by atoms with Crippen molar-refractivity contribution < 1.29 is 0 Å². The molecule has 0 radical (unpaired) electrons. The Morgan fingerprint density at radius 3 is 2.76 bits per heavy atom. The Labute approximate surface area is 127 Å². The van der Waals surface area contributed by atoms with E-state index in [0.29, 0.717) is 5.92 Å². The van der Waals surface area contributed by atoms with Gasteiger partial charge in [0.25, 0.3) is 0 Å². The molecule has 1 aromatic carbocycles. The minimum Gasteiger partial charge on any atom is -0.380 e. The van der Waals surface area contributed by atoms with Crippen molar-refractivity contribution in [1.82, 2.24) is 5.32 Å². The van der Waals surface area contributed by atoms with Gasteiger partial charge in [-0.25, -0.2) is 0 Å². The maximum Gasteiger partial charge on any atom is 0.0698 e. The van der Waals surface area contributed by atoms with E-state index in [9.17, 15) is 0 Å². The largest absolute Gasteiger partial charge is 0.380 e. The smallest absolute Gasteiger partial charge is 0.0698 e. The average Bonchev–Trinajstić information content (AvgIpc) is 2.47. The topological polar surface area (TPSA) is 12.0 Å². The number of rotatable bonds is 2. The summed E-state index contributed by atoms with van der Waals surface area (Å²) in [7, 11) is 0. The van der Waals surface area contributed by atoms with Crippen LogP contribution in [0.1, 0.15) is 37.4 Å². The van der Waals surface area contributed by atoms with Gasteiger partial charge in [0.2, 0.25) is 0 Å². The summed E-state index contributed by atoms with van der Waals surface area (Å²) >= 11 is 0. The predicted molar refractivity (Wildman–Crippen MR) is 89.9 cm³/mol. The summed E-state index contributed by atoms with van der Waals surface area (Å²) in [6.07, 6.45) is 12.4. The number of dihydropyridines is 1. The lowest BCUT2D eigenvalue weighted by Crippen LogP contribution is -2.19. The molecule has 3 rings (SSSR count). The fourth-order valence-corrected chi connectivity index (χ4v) is 3.12. The van der Waals surface area contributed by atoms with Gasteiger partial charge in [-0.15, -0.1) is 0 Å². The maximum atomic E-state index is 3.55. The first-order valence-corrected chi connectivity index (χ1v) is 7.73. The van der Waals surface area contributed by atoms with Crippen molar-refractivity contribution in [2.24, 2.45) is 5.92 Å². The molecule has 0 saturated heterocycles. The molecule has 2 aliphatic rings. The van der Waals surface area contributed by atoms with Crippen LogP contribution in [-0.4, -0.2) is 0 Å². The summed E-state index contributed by atoms with van der Waals surface area (Å²) in [5.74, 6) is 0.633. The zero-order valence-electron chi connectivity index (χ0n) is 13.1. The van der Waals surface area contributed by atoms with Gasteiger partial charge < -0.3 is 5.32 Å². The Hall–Kier alpha value is -2.02. The third-order valence-corrected chi connectivity index (χ3v) is 4.27. The number of allylic oxidation sites excluding steroid dienone is 6. The van der Waals surface area contributed by atoms with Gasteiger partial charge in [-0.3, -0.25) is 0 Å². The van der Waals surface area contributed by atoms with Crippen molar-refractivity contribution >= 4 is 0 Å². The minimum atomic E-state index is 0.283. The van der Waals surface area contributed by atoms with Crippen LogP contribution >= 0.6 is 0 Å². The molecule has 1 heteroatoms. The quantitative estimate of drug-likeness (QED) is 0.803. The molecule has 1 aliphatic carbocycles. The van der Waals surface area contributed by atoms with Crippen LogP contribution in [0.3, 0.4) is 0 Å². The van der Waals surface area contributed by atoms with E-state index in [0.717, 1.165) is 6.42 Å². The zero-order chi connectivity index (χ0) is 14.8. The van der Waals surface area contributed by atoms with Gasteiger partial charge in [-0.05, 0) is 48.5 Å². The van der Waals surface area contributed by atoms with Crippen molar-refractivity contribution in [2.45, 2.75) is 33.2 Å². The second-order valence-electron chi connectivity index (χ2n) is 6.22. The molecule has 0 amide bonds. The Morgan fingerprint density at radius 1 is 1.19 bits per heavy atom. The molecular weight excluding hydrogens is 254 g/mol. The molecule has 1 aliphatic heterocycles. The van der Waals surface area contributed by atoms with Crippen molar-refractivity contribution in [2.75, 3.05) is 0 Å². The number of nitrogens with one attached hydrogen (secondary N) is 1. The normalized spacial score (nSPS) is 24.8. The minimum absolute atomic E-state index is 0.283. The van der Waals surface area contributed by atoms with Gasteiger partial charge in [-0.1, -0.05) is 61.1 Å². The molecule has 0 bridgehead atoms. The monoisotopic (exact) mass is 277 g/mol.